The maximum atomic E-state index is 10.7. The SMILES string of the molecule is C\C=C(/C=c1/cc(CCC)o/c1=C/C)[N+](=O)[O-]. The monoisotopic (exact) mass is 235 g/mol. The molecule has 1 aromatic rings. The number of hydrogen-bond acceptors (Lipinski definition) is 3. The van der Waals surface area contributed by atoms with Gasteiger partial charge in [-0.1, -0.05) is 6.92 Å². The van der Waals surface area contributed by atoms with Crippen molar-refractivity contribution in [3.8, 4) is 0 Å². The Morgan fingerprint density at radius 3 is 2.71 bits per heavy atom. The second kappa shape index (κ2) is 6.03. The smallest absolute Gasteiger partial charge is 0.265 e. The largest absolute Gasteiger partial charge is 0.461 e. The number of furan rings is 1. The highest BCUT2D eigenvalue weighted by atomic mass is 16.6. The first-order valence-electron chi connectivity index (χ1n) is 5.69. The molecule has 1 rings (SSSR count). The highest BCUT2D eigenvalue weighted by molar-refractivity contribution is 5.42. The lowest BCUT2D eigenvalue weighted by molar-refractivity contribution is -0.416. The summed E-state index contributed by atoms with van der Waals surface area (Å²) in [4.78, 5) is 10.3. The van der Waals surface area contributed by atoms with Gasteiger partial charge in [0.2, 0.25) is 0 Å². The third kappa shape index (κ3) is 3.31. The summed E-state index contributed by atoms with van der Waals surface area (Å²) < 4.78 is 5.59. The molecule has 0 aliphatic rings. The zero-order valence-electron chi connectivity index (χ0n) is 10.4. The Bertz CT molecular complexity index is 538. The zero-order chi connectivity index (χ0) is 12.8. The molecule has 0 aromatic carbocycles. The van der Waals surface area contributed by atoms with E-state index in [1.807, 2.05) is 19.1 Å². The molecule has 0 fully saturated rings. The zero-order valence-corrected chi connectivity index (χ0v) is 10.4. The van der Waals surface area contributed by atoms with Gasteiger partial charge in [0, 0.05) is 17.7 Å². The van der Waals surface area contributed by atoms with Crippen LogP contribution in [-0.2, 0) is 6.42 Å². The van der Waals surface area contributed by atoms with Crippen LogP contribution in [0.25, 0.3) is 12.2 Å². The van der Waals surface area contributed by atoms with Crippen LogP contribution in [0.15, 0.2) is 22.3 Å². The molecule has 0 atom stereocenters. The topological polar surface area (TPSA) is 56.3 Å². The standard InChI is InChI=1S/C13H17NO3/c1-4-7-12-9-10(13(6-3)17-12)8-11(5-2)14(15)16/h5-6,8-9H,4,7H2,1-3H3/b10-8-,11-5+,13-6+. The first-order valence-corrected chi connectivity index (χ1v) is 5.69. The number of hydrogen-bond donors (Lipinski definition) is 0. The molecule has 0 aliphatic carbocycles. The predicted octanol–water partition coefficient (Wildman–Crippen LogP) is 1.99. The molecule has 17 heavy (non-hydrogen) atoms. The second-order valence-electron chi connectivity index (χ2n) is 3.69. The van der Waals surface area contributed by atoms with Gasteiger partial charge in [-0.2, -0.15) is 0 Å². The molecule has 0 aliphatic heterocycles. The summed E-state index contributed by atoms with van der Waals surface area (Å²) >= 11 is 0. The Morgan fingerprint density at radius 1 is 1.53 bits per heavy atom. The molecule has 1 heterocycles. The van der Waals surface area contributed by atoms with Crippen LogP contribution in [0.5, 0.6) is 0 Å². The first kappa shape index (κ1) is 13.2. The van der Waals surface area contributed by atoms with Gasteiger partial charge in [0.15, 0.2) is 0 Å². The Kier molecular flexibility index (Phi) is 4.69. The highest BCUT2D eigenvalue weighted by Crippen LogP contribution is 1.99. The van der Waals surface area contributed by atoms with Crippen molar-refractivity contribution < 1.29 is 9.34 Å². The van der Waals surface area contributed by atoms with Crippen LogP contribution in [-0.4, -0.2) is 4.92 Å². The number of nitro groups is 1. The van der Waals surface area contributed by atoms with Gasteiger partial charge in [0.25, 0.3) is 5.70 Å². The second-order valence-corrected chi connectivity index (χ2v) is 3.69. The van der Waals surface area contributed by atoms with Gasteiger partial charge in [-0.15, -0.1) is 0 Å². The van der Waals surface area contributed by atoms with Crippen molar-refractivity contribution in [3.63, 3.8) is 0 Å². The summed E-state index contributed by atoms with van der Waals surface area (Å²) in [6.07, 6.45) is 6.67. The van der Waals surface area contributed by atoms with Gasteiger partial charge < -0.3 is 4.42 Å². The highest BCUT2D eigenvalue weighted by Gasteiger charge is 2.06. The van der Waals surface area contributed by atoms with Gasteiger partial charge in [0.05, 0.1) is 4.92 Å². The first-order chi connectivity index (χ1) is 8.12. The fourth-order valence-corrected chi connectivity index (χ4v) is 1.58. The predicted molar refractivity (Wildman–Crippen MR) is 67.3 cm³/mol. The van der Waals surface area contributed by atoms with Crippen LogP contribution >= 0.6 is 0 Å². The van der Waals surface area contributed by atoms with E-state index in [0.29, 0.717) is 5.42 Å². The number of nitrogens with zero attached hydrogens (tertiary/aromatic N) is 1. The van der Waals surface area contributed by atoms with Crippen molar-refractivity contribution in [2.45, 2.75) is 33.6 Å². The van der Waals surface area contributed by atoms with Crippen molar-refractivity contribution >= 4 is 12.2 Å². The van der Waals surface area contributed by atoms with E-state index in [1.165, 1.54) is 12.2 Å². The van der Waals surface area contributed by atoms with Crippen LogP contribution in [0, 0.1) is 10.1 Å². The molecule has 0 radical (unpaired) electrons. The summed E-state index contributed by atoms with van der Waals surface area (Å²) in [5.41, 5.74) is 0.770. The third-order valence-electron chi connectivity index (χ3n) is 2.41. The maximum Gasteiger partial charge on any atom is 0.265 e. The quantitative estimate of drug-likeness (QED) is 0.592. The van der Waals surface area contributed by atoms with E-state index in [2.05, 4.69) is 6.92 Å². The lowest BCUT2D eigenvalue weighted by Gasteiger charge is -1.86. The Hall–Kier alpha value is -1.84. The molecule has 0 saturated heterocycles. The van der Waals surface area contributed by atoms with Crippen LogP contribution in [0.1, 0.15) is 33.0 Å². The lowest BCUT2D eigenvalue weighted by Crippen LogP contribution is -2.19. The summed E-state index contributed by atoms with van der Waals surface area (Å²) in [6, 6.07) is 1.87. The maximum absolute atomic E-state index is 10.7. The third-order valence-corrected chi connectivity index (χ3v) is 2.41. The summed E-state index contributed by atoms with van der Waals surface area (Å²) in [6.45, 7) is 5.57. The average molecular weight is 235 g/mol. The van der Waals surface area contributed by atoms with E-state index in [9.17, 15) is 10.1 Å². The van der Waals surface area contributed by atoms with Crippen LogP contribution in [0.3, 0.4) is 0 Å². The summed E-state index contributed by atoms with van der Waals surface area (Å²) in [7, 11) is 0. The molecule has 1 aromatic heterocycles. The summed E-state index contributed by atoms with van der Waals surface area (Å²) in [5, 5.41) is 11.5. The van der Waals surface area contributed by atoms with Gasteiger partial charge in [0.1, 0.15) is 11.2 Å². The van der Waals surface area contributed by atoms with Gasteiger partial charge in [-0.3, -0.25) is 10.1 Å². The molecule has 0 bridgehead atoms. The lowest BCUT2D eigenvalue weighted by atomic mass is 10.2. The van der Waals surface area contributed by atoms with Crippen LogP contribution < -0.4 is 10.6 Å². The van der Waals surface area contributed by atoms with E-state index in [0.717, 1.165) is 23.8 Å². The van der Waals surface area contributed by atoms with Crippen molar-refractivity contribution in [1.82, 2.24) is 0 Å². The minimum Gasteiger partial charge on any atom is -0.461 e. The molecule has 4 nitrogen and oxygen atoms in total. The molecule has 0 amide bonds. The van der Waals surface area contributed by atoms with E-state index in [4.69, 9.17) is 4.42 Å². The van der Waals surface area contributed by atoms with Gasteiger partial charge in [-0.25, -0.2) is 0 Å². The van der Waals surface area contributed by atoms with Crippen molar-refractivity contribution in [1.29, 1.82) is 0 Å². The molecule has 92 valence electrons. The Balaban J connectivity index is 3.30. The molecular formula is C13H17NO3. The Morgan fingerprint density at radius 2 is 2.24 bits per heavy atom. The van der Waals surface area contributed by atoms with Gasteiger partial charge in [-0.05, 0) is 38.5 Å². The number of allylic oxidation sites excluding steroid dienone is 2. The summed E-state index contributed by atoms with van der Waals surface area (Å²) in [5.74, 6) is 0.866. The molecule has 0 spiro atoms. The van der Waals surface area contributed by atoms with E-state index >= 15 is 0 Å². The fraction of sp³-hybridized carbons (Fsp3) is 0.385. The molecule has 0 N–H and O–H groups in total. The Labute approximate surface area is 100 Å². The van der Waals surface area contributed by atoms with Gasteiger partial charge >= 0.3 is 0 Å². The van der Waals surface area contributed by atoms with Crippen LogP contribution in [0.2, 0.25) is 0 Å². The van der Waals surface area contributed by atoms with E-state index < -0.39 is 4.92 Å². The fourth-order valence-electron chi connectivity index (χ4n) is 1.58. The molecule has 0 saturated carbocycles. The minimum absolute atomic E-state index is 0.0805. The average Bonchev–Trinajstić information content (AvgIpc) is 2.68. The normalized spacial score (nSPS) is 14.4. The number of rotatable bonds is 4. The molecule has 0 unspecified atom stereocenters. The number of aryl methyl sites for hydroxylation is 1. The molecular weight excluding hydrogens is 218 g/mol. The van der Waals surface area contributed by atoms with Crippen molar-refractivity contribution in [3.05, 3.63) is 44.3 Å². The van der Waals surface area contributed by atoms with Crippen molar-refractivity contribution in [2.24, 2.45) is 0 Å². The molecule has 4 heteroatoms. The van der Waals surface area contributed by atoms with Crippen LogP contribution in [0.4, 0.5) is 0 Å². The van der Waals surface area contributed by atoms with E-state index in [1.54, 1.807) is 6.92 Å². The van der Waals surface area contributed by atoms with Crippen molar-refractivity contribution in [2.75, 3.05) is 0 Å². The minimum atomic E-state index is -0.397. The van der Waals surface area contributed by atoms with E-state index in [-0.39, 0.29) is 5.70 Å².